The van der Waals surface area contributed by atoms with Gasteiger partial charge < -0.3 is 6.92 Å². The quantitative estimate of drug-likeness (QED) is 0.224. The van der Waals surface area contributed by atoms with Crippen LogP contribution in [0.3, 0.4) is 0 Å². The smallest absolute Gasteiger partial charge is 0.325 e. The molecule has 31 heavy (non-hydrogen) atoms. The summed E-state index contributed by atoms with van der Waals surface area (Å²) in [5.41, 5.74) is -0.781. The minimum Gasteiger partial charge on any atom is -0.325 e. The van der Waals surface area contributed by atoms with Crippen LogP contribution in [0.4, 0.5) is 22.0 Å². The van der Waals surface area contributed by atoms with E-state index < -0.39 is 55.8 Å². The fourth-order valence-electron chi connectivity index (χ4n) is 2.17. The number of nitrogens with one attached hydrogen (secondary N) is 1. The zero-order valence-electron chi connectivity index (χ0n) is 15.3. The van der Waals surface area contributed by atoms with Crippen LogP contribution in [0.25, 0.3) is 0 Å². The van der Waals surface area contributed by atoms with Crippen molar-refractivity contribution in [2.24, 2.45) is 0 Å². The van der Waals surface area contributed by atoms with Crippen LogP contribution in [-0.4, -0.2) is 38.2 Å². The molecule has 0 aliphatic carbocycles. The number of thiophene rings is 1. The number of benzene rings is 1. The summed E-state index contributed by atoms with van der Waals surface area (Å²) in [6.07, 6.45) is -5.00. The van der Waals surface area contributed by atoms with Crippen molar-refractivity contribution in [2.45, 2.75) is 22.3 Å². The SMILES string of the molecule is O=S(=O)(O)O.[CH2-][C@@H](NS(=O)(=O)c1ccc(Cl)s1)[C@@H](c1cc(F)cc(F)c1)C(F)(F)F.[Na+]. The van der Waals surface area contributed by atoms with Gasteiger partial charge in [0.15, 0.2) is 0 Å². The Morgan fingerprint density at radius 2 is 1.48 bits per heavy atom. The average molecular weight is 540 g/mol. The molecular formula is C14H12ClF5NNaO6S3. The molecule has 0 saturated carbocycles. The largest absolute Gasteiger partial charge is 1.00 e. The number of halogens is 6. The number of hydrogen-bond acceptors (Lipinski definition) is 5. The third kappa shape index (κ3) is 10.9. The predicted octanol–water partition coefficient (Wildman–Crippen LogP) is 0.858. The molecule has 0 amide bonds. The summed E-state index contributed by atoms with van der Waals surface area (Å²) in [6.45, 7) is 3.17. The molecule has 0 spiro atoms. The first-order chi connectivity index (χ1) is 13.4. The van der Waals surface area contributed by atoms with Crippen LogP contribution in [0, 0.1) is 18.6 Å². The summed E-state index contributed by atoms with van der Waals surface area (Å²) in [5.74, 6) is -4.99. The van der Waals surface area contributed by atoms with Gasteiger partial charge in [-0.05, 0) is 29.8 Å². The second-order valence-corrected chi connectivity index (χ2v) is 10.0. The fourth-order valence-corrected chi connectivity index (χ4v) is 4.84. The molecule has 0 aliphatic heterocycles. The molecule has 2 rings (SSSR count). The van der Waals surface area contributed by atoms with Crippen molar-refractivity contribution < 1.29 is 77.5 Å². The maximum atomic E-state index is 13.4. The minimum atomic E-state index is -5.00. The molecule has 0 saturated heterocycles. The Labute approximate surface area is 205 Å². The van der Waals surface area contributed by atoms with Crippen LogP contribution in [-0.2, 0) is 20.4 Å². The molecule has 2 aromatic rings. The van der Waals surface area contributed by atoms with E-state index in [4.69, 9.17) is 29.1 Å². The molecule has 1 heterocycles. The van der Waals surface area contributed by atoms with Crippen molar-refractivity contribution in [3.05, 3.63) is 58.8 Å². The third-order valence-electron chi connectivity index (χ3n) is 3.12. The van der Waals surface area contributed by atoms with Crippen molar-refractivity contribution in [1.29, 1.82) is 0 Å². The second kappa shape index (κ2) is 11.7. The Morgan fingerprint density at radius 3 is 1.84 bits per heavy atom. The molecular weight excluding hydrogens is 528 g/mol. The molecule has 170 valence electrons. The van der Waals surface area contributed by atoms with E-state index in [0.717, 1.165) is 6.07 Å². The Bertz CT molecular complexity index is 1070. The Hall–Kier alpha value is -0.360. The standard InChI is InChI=1S/C14H10ClF5NO2S2.Na.H2O4S/c1-7(21-25(22,23)12-3-2-11(15)24-12)13(14(18,19)20)8-4-9(16)6-10(17)5-8;;1-5(2,3)4/h2-7,13,21H,1H2;;(H2,1,2,3,4)/q-1;+1;/t7-,13+;;/m1../s1. The van der Waals surface area contributed by atoms with E-state index in [9.17, 15) is 30.4 Å². The van der Waals surface area contributed by atoms with Crippen molar-refractivity contribution in [1.82, 2.24) is 4.72 Å². The van der Waals surface area contributed by atoms with Gasteiger partial charge in [0.25, 0.3) is 0 Å². The first-order valence-corrected chi connectivity index (χ1v) is 11.3. The van der Waals surface area contributed by atoms with E-state index in [2.05, 4.69) is 6.92 Å². The molecule has 0 unspecified atom stereocenters. The summed E-state index contributed by atoms with van der Waals surface area (Å²) < 4.78 is 124. The van der Waals surface area contributed by atoms with Crippen molar-refractivity contribution in [3.63, 3.8) is 0 Å². The van der Waals surface area contributed by atoms with Crippen molar-refractivity contribution in [3.8, 4) is 0 Å². The molecule has 0 aliphatic rings. The predicted molar refractivity (Wildman–Crippen MR) is 98.1 cm³/mol. The van der Waals surface area contributed by atoms with Gasteiger partial charge in [-0.15, -0.1) is 11.3 Å². The maximum Gasteiger partial charge on any atom is 1.00 e. The Kier molecular flexibility index (Phi) is 11.5. The van der Waals surface area contributed by atoms with Crippen molar-refractivity contribution in [2.75, 3.05) is 0 Å². The van der Waals surface area contributed by atoms with E-state index >= 15 is 0 Å². The summed E-state index contributed by atoms with van der Waals surface area (Å²) in [5, 5.41) is 0. The van der Waals surface area contributed by atoms with Gasteiger partial charge in [-0.3, -0.25) is 9.11 Å². The average Bonchev–Trinajstić information content (AvgIpc) is 2.89. The van der Waals surface area contributed by atoms with E-state index in [1.165, 1.54) is 6.07 Å². The minimum absolute atomic E-state index is 0. The molecule has 17 heteroatoms. The Morgan fingerprint density at radius 1 is 1.03 bits per heavy atom. The molecule has 0 radical (unpaired) electrons. The topological polar surface area (TPSA) is 121 Å². The second-order valence-electron chi connectivity index (χ2n) is 5.46. The van der Waals surface area contributed by atoms with E-state index in [0.29, 0.717) is 29.5 Å². The molecule has 1 aromatic carbocycles. The number of hydrogen-bond donors (Lipinski definition) is 3. The summed E-state index contributed by atoms with van der Waals surface area (Å²) >= 11 is 6.26. The van der Waals surface area contributed by atoms with Crippen molar-refractivity contribution >= 4 is 43.4 Å². The first-order valence-electron chi connectivity index (χ1n) is 7.23. The fraction of sp³-hybridized carbons (Fsp3) is 0.214. The molecule has 1 aromatic heterocycles. The van der Waals surface area contributed by atoms with Gasteiger partial charge in [0, 0.05) is 6.07 Å². The molecule has 7 nitrogen and oxygen atoms in total. The number of sulfonamides is 1. The molecule has 2 atom stereocenters. The molecule has 0 fully saturated rings. The zero-order chi connectivity index (χ0) is 23.5. The van der Waals surface area contributed by atoms with Crippen LogP contribution < -0.4 is 34.3 Å². The van der Waals surface area contributed by atoms with Gasteiger partial charge in [0.05, 0.1) is 10.3 Å². The first kappa shape index (κ1) is 30.6. The normalized spacial score (nSPS) is 14.1. The van der Waals surface area contributed by atoms with Crippen LogP contribution in [0.5, 0.6) is 0 Å². The van der Waals surface area contributed by atoms with Gasteiger partial charge in [-0.25, -0.2) is 21.9 Å². The zero-order valence-corrected chi connectivity index (χ0v) is 20.5. The van der Waals surface area contributed by atoms with E-state index in [-0.39, 0.29) is 38.1 Å². The molecule has 3 N–H and O–H groups in total. The summed E-state index contributed by atoms with van der Waals surface area (Å²) in [7, 11) is -9.00. The summed E-state index contributed by atoms with van der Waals surface area (Å²) in [6, 6.07) is 1.79. The van der Waals surface area contributed by atoms with Gasteiger partial charge in [-0.1, -0.05) is 17.6 Å². The molecule has 0 bridgehead atoms. The third-order valence-corrected chi connectivity index (χ3v) is 6.33. The monoisotopic (exact) mass is 539 g/mol. The van der Waals surface area contributed by atoms with E-state index in [1.54, 1.807) is 4.72 Å². The van der Waals surface area contributed by atoms with Crippen LogP contribution >= 0.6 is 22.9 Å². The van der Waals surface area contributed by atoms with Gasteiger partial charge in [0.1, 0.15) is 15.8 Å². The van der Waals surface area contributed by atoms with Gasteiger partial charge in [0.2, 0.25) is 10.0 Å². The maximum absolute atomic E-state index is 13.4. The van der Waals surface area contributed by atoms with Crippen LogP contribution in [0.1, 0.15) is 11.5 Å². The number of alkyl halides is 3. The summed E-state index contributed by atoms with van der Waals surface area (Å²) in [4.78, 5) is 0. The van der Waals surface area contributed by atoms with Gasteiger partial charge >= 0.3 is 46.1 Å². The van der Waals surface area contributed by atoms with Gasteiger partial charge in [-0.2, -0.15) is 21.6 Å². The van der Waals surface area contributed by atoms with Crippen LogP contribution in [0.2, 0.25) is 4.34 Å². The van der Waals surface area contributed by atoms with E-state index in [1.807, 2.05) is 0 Å². The number of rotatable bonds is 5. The van der Waals surface area contributed by atoms with Crippen LogP contribution in [0.15, 0.2) is 34.5 Å². The Balaban J connectivity index is 0.00000135.